The molecule has 1 aliphatic rings. The van der Waals surface area contributed by atoms with Gasteiger partial charge >= 0.3 is 0 Å². The Balaban J connectivity index is 2.10. The summed E-state index contributed by atoms with van der Waals surface area (Å²) in [6.07, 6.45) is 7.09. The quantitative estimate of drug-likeness (QED) is 0.711. The number of hydrogen-bond donors (Lipinski definition) is 2. The van der Waals surface area contributed by atoms with Crippen LogP contribution in [0.2, 0.25) is 0 Å². The van der Waals surface area contributed by atoms with Crippen molar-refractivity contribution in [3.05, 3.63) is 29.8 Å². The number of hydrogen-bond acceptors (Lipinski definition) is 3. The van der Waals surface area contributed by atoms with E-state index in [-0.39, 0.29) is 22.8 Å². The summed E-state index contributed by atoms with van der Waals surface area (Å²) >= 11 is 0. The van der Waals surface area contributed by atoms with Gasteiger partial charge in [-0.05, 0) is 44.2 Å². The lowest BCUT2D eigenvalue weighted by Crippen LogP contribution is -2.50. The van der Waals surface area contributed by atoms with E-state index in [9.17, 15) is 13.2 Å². The lowest BCUT2D eigenvalue weighted by Gasteiger charge is -2.24. The van der Waals surface area contributed by atoms with Crippen LogP contribution in [-0.4, -0.2) is 26.4 Å². The van der Waals surface area contributed by atoms with Crippen molar-refractivity contribution in [2.45, 2.75) is 82.7 Å². The Morgan fingerprint density at radius 2 is 1.65 bits per heavy atom. The highest BCUT2D eigenvalue weighted by molar-refractivity contribution is 7.89. The molecule has 0 radical (unpaired) electrons. The molecule has 146 valence electrons. The fourth-order valence-corrected chi connectivity index (χ4v) is 4.59. The average Bonchev–Trinajstić information content (AvgIpc) is 2.82. The highest BCUT2D eigenvalue weighted by Gasteiger charge is 2.28. The summed E-state index contributed by atoms with van der Waals surface area (Å²) in [5, 5.41) is 3.08. The van der Waals surface area contributed by atoms with Crippen LogP contribution in [-0.2, 0) is 14.8 Å². The molecule has 0 spiro atoms. The van der Waals surface area contributed by atoms with Gasteiger partial charge in [-0.2, -0.15) is 4.72 Å². The Kier molecular flexibility index (Phi) is 7.65. The van der Waals surface area contributed by atoms with Crippen LogP contribution in [0.4, 0.5) is 0 Å². The van der Waals surface area contributed by atoms with E-state index in [0.29, 0.717) is 6.42 Å². The maximum atomic E-state index is 12.8. The Morgan fingerprint density at radius 3 is 2.19 bits per heavy atom. The first-order valence-electron chi connectivity index (χ1n) is 9.67. The van der Waals surface area contributed by atoms with Crippen LogP contribution in [0, 0.1) is 12.8 Å². The Morgan fingerprint density at radius 1 is 1.08 bits per heavy atom. The Labute approximate surface area is 158 Å². The molecule has 1 fully saturated rings. The summed E-state index contributed by atoms with van der Waals surface area (Å²) in [7, 11) is -3.73. The molecule has 0 bridgehead atoms. The minimum atomic E-state index is -3.73. The molecule has 2 N–H and O–H groups in total. The molecule has 5 nitrogen and oxygen atoms in total. The molecule has 2 rings (SSSR count). The first kappa shape index (κ1) is 20.9. The number of carbonyl (C=O) groups is 1. The summed E-state index contributed by atoms with van der Waals surface area (Å²) in [5.74, 6) is 0.00175. The van der Waals surface area contributed by atoms with E-state index >= 15 is 0 Å². The van der Waals surface area contributed by atoms with E-state index in [2.05, 4.69) is 10.0 Å². The molecule has 1 amide bonds. The molecular formula is C20H32N2O3S. The van der Waals surface area contributed by atoms with E-state index in [0.717, 1.165) is 31.2 Å². The van der Waals surface area contributed by atoms with Gasteiger partial charge in [-0.15, -0.1) is 0 Å². The standard InChI is InChI=1S/C20H32N2O3S/c1-15(2)14-19(20(23)21-17-8-6-4-5-7-9-17)22-26(24,25)18-12-10-16(3)11-13-18/h10-13,15,17,19,22H,4-9,14H2,1-3H3,(H,21,23)/t19-/m1/s1. The van der Waals surface area contributed by atoms with Crippen molar-refractivity contribution in [1.82, 2.24) is 10.0 Å². The molecule has 1 saturated carbocycles. The number of benzene rings is 1. The summed E-state index contributed by atoms with van der Waals surface area (Å²) in [4.78, 5) is 13.0. The second-order valence-corrected chi connectivity index (χ2v) is 9.53. The van der Waals surface area contributed by atoms with Gasteiger partial charge in [-0.25, -0.2) is 8.42 Å². The highest BCUT2D eigenvalue weighted by Crippen LogP contribution is 2.18. The van der Waals surface area contributed by atoms with Crippen LogP contribution in [0.25, 0.3) is 0 Å². The topological polar surface area (TPSA) is 75.3 Å². The Hall–Kier alpha value is -1.40. The molecule has 6 heteroatoms. The summed E-state index contributed by atoms with van der Waals surface area (Å²) < 4.78 is 28.0. The molecule has 0 heterocycles. The molecule has 1 atom stereocenters. The zero-order valence-corrected chi connectivity index (χ0v) is 16.9. The Bertz CT molecular complexity index is 676. The lowest BCUT2D eigenvalue weighted by atomic mass is 10.0. The molecule has 0 unspecified atom stereocenters. The zero-order valence-electron chi connectivity index (χ0n) is 16.1. The summed E-state index contributed by atoms with van der Waals surface area (Å²) in [5.41, 5.74) is 0.994. The molecule has 26 heavy (non-hydrogen) atoms. The van der Waals surface area contributed by atoms with Crippen molar-refractivity contribution < 1.29 is 13.2 Å². The molecular weight excluding hydrogens is 348 g/mol. The van der Waals surface area contributed by atoms with E-state index in [1.54, 1.807) is 24.3 Å². The van der Waals surface area contributed by atoms with Crippen molar-refractivity contribution in [3.63, 3.8) is 0 Å². The zero-order chi connectivity index (χ0) is 19.2. The van der Waals surface area contributed by atoms with Gasteiger partial charge in [-0.1, -0.05) is 57.2 Å². The normalized spacial score (nSPS) is 17.7. The highest BCUT2D eigenvalue weighted by atomic mass is 32.2. The molecule has 0 saturated heterocycles. The second-order valence-electron chi connectivity index (χ2n) is 7.81. The molecule has 0 aliphatic heterocycles. The summed E-state index contributed by atoms with van der Waals surface area (Å²) in [6, 6.07) is 6.09. The van der Waals surface area contributed by atoms with Crippen LogP contribution < -0.4 is 10.0 Å². The third-order valence-corrected chi connectivity index (χ3v) is 6.34. The van der Waals surface area contributed by atoms with Crippen molar-refractivity contribution >= 4 is 15.9 Å². The molecule has 1 aliphatic carbocycles. The van der Waals surface area contributed by atoms with Gasteiger partial charge < -0.3 is 5.32 Å². The fourth-order valence-electron chi connectivity index (χ4n) is 3.38. The first-order valence-corrected chi connectivity index (χ1v) is 11.2. The van der Waals surface area contributed by atoms with Gasteiger partial charge in [0, 0.05) is 6.04 Å². The SMILES string of the molecule is Cc1ccc(S(=O)(=O)N[C@H](CC(C)C)C(=O)NC2CCCCCC2)cc1. The molecule has 0 aromatic heterocycles. The third kappa shape index (κ3) is 6.40. The molecule has 1 aromatic carbocycles. The van der Waals surface area contributed by atoms with Crippen LogP contribution in [0.1, 0.15) is 64.4 Å². The smallest absolute Gasteiger partial charge is 0.241 e. The van der Waals surface area contributed by atoms with E-state index < -0.39 is 16.1 Å². The maximum absolute atomic E-state index is 12.8. The van der Waals surface area contributed by atoms with Gasteiger partial charge in [0.1, 0.15) is 6.04 Å². The average molecular weight is 381 g/mol. The minimum absolute atomic E-state index is 0.156. The van der Waals surface area contributed by atoms with Crippen molar-refractivity contribution in [2.24, 2.45) is 5.92 Å². The number of rotatable bonds is 7. The van der Waals surface area contributed by atoms with E-state index in [1.165, 1.54) is 12.8 Å². The van der Waals surface area contributed by atoms with Crippen molar-refractivity contribution in [2.75, 3.05) is 0 Å². The van der Waals surface area contributed by atoms with Gasteiger partial charge in [0.25, 0.3) is 0 Å². The van der Waals surface area contributed by atoms with E-state index in [1.807, 2.05) is 20.8 Å². The summed E-state index contributed by atoms with van der Waals surface area (Å²) in [6.45, 7) is 5.89. The number of aryl methyl sites for hydroxylation is 1. The third-order valence-electron chi connectivity index (χ3n) is 4.85. The first-order chi connectivity index (χ1) is 12.3. The molecule has 1 aromatic rings. The van der Waals surface area contributed by atoms with Crippen LogP contribution in [0.3, 0.4) is 0 Å². The fraction of sp³-hybridized carbons (Fsp3) is 0.650. The number of amides is 1. The number of nitrogens with one attached hydrogen (secondary N) is 2. The van der Waals surface area contributed by atoms with Crippen LogP contribution >= 0.6 is 0 Å². The van der Waals surface area contributed by atoms with Crippen molar-refractivity contribution in [1.29, 1.82) is 0 Å². The van der Waals surface area contributed by atoms with Gasteiger partial charge in [-0.3, -0.25) is 4.79 Å². The van der Waals surface area contributed by atoms with E-state index in [4.69, 9.17) is 0 Å². The second kappa shape index (κ2) is 9.51. The predicted molar refractivity (Wildman–Crippen MR) is 104 cm³/mol. The van der Waals surface area contributed by atoms with Gasteiger partial charge in [0.15, 0.2) is 0 Å². The number of carbonyl (C=O) groups excluding carboxylic acids is 1. The van der Waals surface area contributed by atoms with Gasteiger partial charge in [0.05, 0.1) is 4.90 Å². The van der Waals surface area contributed by atoms with Crippen molar-refractivity contribution in [3.8, 4) is 0 Å². The van der Waals surface area contributed by atoms with Gasteiger partial charge in [0.2, 0.25) is 15.9 Å². The minimum Gasteiger partial charge on any atom is -0.352 e. The monoisotopic (exact) mass is 380 g/mol. The lowest BCUT2D eigenvalue weighted by molar-refractivity contribution is -0.123. The largest absolute Gasteiger partial charge is 0.352 e. The number of sulfonamides is 1. The van der Waals surface area contributed by atoms with Crippen LogP contribution in [0.15, 0.2) is 29.2 Å². The predicted octanol–water partition coefficient (Wildman–Crippen LogP) is 3.53. The maximum Gasteiger partial charge on any atom is 0.241 e. The van der Waals surface area contributed by atoms with Crippen LogP contribution in [0.5, 0.6) is 0 Å².